The number of hydrogen-bond donors (Lipinski definition) is 1. The van der Waals surface area contributed by atoms with Crippen molar-refractivity contribution in [3.8, 4) is 0 Å². The summed E-state index contributed by atoms with van der Waals surface area (Å²) in [6.45, 7) is 9.98. The fraction of sp³-hybridized carbons (Fsp3) is 0.583. The average molecular weight is 235 g/mol. The van der Waals surface area contributed by atoms with E-state index in [0.29, 0.717) is 0 Å². The summed E-state index contributed by atoms with van der Waals surface area (Å²) >= 11 is 0. The molecule has 2 rings (SSSR count). The Kier molecular flexibility index (Phi) is 5.39. The zero-order valence-electron chi connectivity index (χ0n) is 11.1. The van der Waals surface area contributed by atoms with Crippen LogP contribution in [0.15, 0.2) is 12.7 Å². The van der Waals surface area contributed by atoms with Crippen LogP contribution in [0.25, 0.3) is 11.2 Å². The number of nitrogens with one attached hydrogen (secondary N) is 1. The molecule has 0 aliphatic heterocycles. The van der Waals surface area contributed by atoms with Crippen molar-refractivity contribution in [1.82, 2.24) is 19.5 Å². The van der Waals surface area contributed by atoms with E-state index in [0.717, 1.165) is 36.5 Å². The van der Waals surface area contributed by atoms with E-state index >= 15 is 0 Å². The molecule has 5 heteroatoms. The SMILES string of the molecule is CC.CCCNc1ncnc2c1ncn2CC. The van der Waals surface area contributed by atoms with E-state index in [1.165, 1.54) is 0 Å². The van der Waals surface area contributed by atoms with E-state index < -0.39 is 0 Å². The van der Waals surface area contributed by atoms with Gasteiger partial charge in [0, 0.05) is 13.1 Å². The van der Waals surface area contributed by atoms with Crippen LogP contribution in [0.1, 0.15) is 34.1 Å². The maximum absolute atomic E-state index is 4.32. The summed E-state index contributed by atoms with van der Waals surface area (Å²) in [5, 5.41) is 3.25. The second kappa shape index (κ2) is 6.83. The first-order chi connectivity index (χ1) is 8.36. The Hall–Kier alpha value is -1.65. The molecule has 2 heterocycles. The highest BCUT2D eigenvalue weighted by Gasteiger charge is 2.07. The zero-order chi connectivity index (χ0) is 12.7. The molecule has 0 saturated heterocycles. The van der Waals surface area contributed by atoms with Gasteiger partial charge in [-0.2, -0.15) is 0 Å². The van der Waals surface area contributed by atoms with Gasteiger partial charge in [0.1, 0.15) is 11.8 Å². The molecule has 0 amide bonds. The van der Waals surface area contributed by atoms with Crippen molar-refractivity contribution < 1.29 is 0 Å². The molecule has 17 heavy (non-hydrogen) atoms. The Morgan fingerprint density at radius 3 is 2.59 bits per heavy atom. The van der Waals surface area contributed by atoms with Crippen molar-refractivity contribution in [2.24, 2.45) is 0 Å². The number of aromatic nitrogens is 4. The summed E-state index contributed by atoms with van der Waals surface area (Å²) < 4.78 is 2.01. The molecule has 0 saturated carbocycles. The first-order valence-corrected chi connectivity index (χ1v) is 6.26. The van der Waals surface area contributed by atoms with E-state index in [4.69, 9.17) is 0 Å². The normalized spacial score (nSPS) is 9.88. The molecule has 0 atom stereocenters. The van der Waals surface area contributed by atoms with Gasteiger partial charge in [-0.3, -0.25) is 0 Å². The highest BCUT2D eigenvalue weighted by molar-refractivity contribution is 5.82. The molecular weight excluding hydrogens is 214 g/mol. The van der Waals surface area contributed by atoms with Crippen LogP contribution in [0.4, 0.5) is 5.82 Å². The number of hydrogen-bond acceptors (Lipinski definition) is 4. The third kappa shape index (κ3) is 2.93. The molecule has 2 aromatic heterocycles. The average Bonchev–Trinajstić information content (AvgIpc) is 2.82. The minimum atomic E-state index is 0.828. The van der Waals surface area contributed by atoms with Gasteiger partial charge in [-0.1, -0.05) is 20.8 Å². The van der Waals surface area contributed by atoms with Gasteiger partial charge in [0.05, 0.1) is 6.33 Å². The topological polar surface area (TPSA) is 55.6 Å². The lowest BCUT2D eigenvalue weighted by Gasteiger charge is -2.03. The second-order valence-corrected chi connectivity index (χ2v) is 3.35. The zero-order valence-corrected chi connectivity index (χ0v) is 11.1. The molecule has 0 aromatic carbocycles. The fourth-order valence-electron chi connectivity index (χ4n) is 1.48. The van der Waals surface area contributed by atoms with Gasteiger partial charge >= 0.3 is 0 Å². The molecule has 0 unspecified atom stereocenters. The Balaban J connectivity index is 0.000000686. The van der Waals surface area contributed by atoms with Crippen LogP contribution in [0.5, 0.6) is 0 Å². The molecule has 94 valence electrons. The number of anilines is 1. The standard InChI is InChI=1S/C10H15N5.C2H6/c1-3-5-11-9-8-10(13-6-12-9)15(4-2)7-14-8;1-2/h6-7H,3-5H2,1-2H3,(H,11,12,13);1-2H3. The van der Waals surface area contributed by atoms with E-state index in [-0.39, 0.29) is 0 Å². The van der Waals surface area contributed by atoms with Crippen molar-refractivity contribution in [2.45, 2.75) is 40.7 Å². The molecule has 2 aromatic rings. The third-order valence-corrected chi connectivity index (χ3v) is 2.28. The van der Waals surface area contributed by atoms with Gasteiger partial charge in [0.15, 0.2) is 11.5 Å². The largest absolute Gasteiger partial charge is 0.368 e. The smallest absolute Gasteiger partial charge is 0.165 e. The van der Waals surface area contributed by atoms with E-state index in [2.05, 4.69) is 34.1 Å². The summed E-state index contributed by atoms with van der Waals surface area (Å²) in [6, 6.07) is 0. The molecular formula is C12H21N5. The van der Waals surface area contributed by atoms with Crippen molar-refractivity contribution in [1.29, 1.82) is 0 Å². The number of aryl methyl sites for hydroxylation is 1. The quantitative estimate of drug-likeness (QED) is 0.885. The van der Waals surface area contributed by atoms with Crippen LogP contribution >= 0.6 is 0 Å². The van der Waals surface area contributed by atoms with Gasteiger partial charge in [0.25, 0.3) is 0 Å². The highest BCUT2D eigenvalue weighted by Crippen LogP contribution is 2.16. The second-order valence-electron chi connectivity index (χ2n) is 3.35. The Morgan fingerprint density at radius 1 is 1.18 bits per heavy atom. The molecule has 0 aliphatic rings. The Labute approximate surface area is 102 Å². The van der Waals surface area contributed by atoms with Crippen LogP contribution in [0.3, 0.4) is 0 Å². The molecule has 0 radical (unpaired) electrons. The van der Waals surface area contributed by atoms with Crippen molar-refractivity contribution in [3.05, 3.63) is 12.7 Å². The summed E-state index contributed by atoms with van der Waals surface area (Å²) in [7, 11) is 0. The lowest BCUT2D eigenvalue weighted by Crippen LogP contribution is -2.03. The Morgan fingerprint density at radius 2 is 1.94 bits per heavy atom. The summed E-state index contributed by atoms with van der Waals surface area (Å²) in [4.78, 5) is 12.7. The van der Waals surface area contributed by atoms with Crippen LogP contribution in [-0.4, -0.2) is 26.1 Å². The first kappa shape index (κ1) is 13.4. The lowest BCUT2D eigenvalue weighted by atomic mass is 10.4. The van der Waals surface area contributed by atoms with Crippen LogP contribution in [0.2, 0.25) is 0 Å². The van der Waals surface area contributed by atoms with Crippen molar-refractivity contribution in [2.75, 3.05) is 11.9 Å². The van der Waals surface area contributed by atoms with E-state index in [9.17, 15) is 0 Å². The fourth-order valence-corrected chi connectivity index (χ4v) is 1.48. The van der Waals surface area contributed by atoms with Gasteiger partial charge in [-0.05, 0) is 13.3 Å². The van der Waals surface area contributed by atoms with E-state index in [1.54, 1.807) is 12.7 Å². The molecule has 1 N–H and O–H groups in total. The summed E-state index contributed by atoms with van der Waals surface area (Å²) in [5.41, 5.74) is 1.75. The van der Waals surface area contributed by atoms with E-state index in [1.807, 2.05) is 18.4 Å². The van der Waals surface area contributed by atoms with Crippen LogP contribution < -0.4 is 5.32 Å². The van der Waals surface area contributed by atoms with Gasteiger partial charge in [-0.25, -0.2) is 15.0 Å². The molecule has 0 bridgehead atoms. The molecule has 0 aliphatic carbocycles. The van der Waals surface area contributed by atoms with Crippen molar-refractivity contribution >= 4 is 17.0 Å². The van der Waals surface area contributed by atoms with Crippen LogP contribution in [0, 0.1) is 0 Å². The number of imidazole rings is 1. The molecule has 5 nitrogen and oxygen atoms in total. The molecule has 0 fully saturated rings. The molecule has 0 spiro atoms. The lowest BCUT2D eigenvalue weighted by molar-refractivity contribution is 0.777. The summed E-state index contributed by atoms with van der Waals surface area (Å²) in [6.07, 6.45) is 4.45. The van der Waals surface area contributed by atoms with Gasteiger partial charge in [0.2, 0.25) is 0 Å². The monoisotopic (exact) mass is 235 g/mol. The maximum atomic E-state index is 4.32. The predicted octanol–water partition coefficient (Wildman–Crippen LogP) is 2.69. The number of rotatable bonds is 4. The van der Waals surface area contributed by atoms with Crippen molar-refractivity contribution in [3.63, 3.8) is 0 Å². The first-order valence-electron chi connectivity index (χ1n) is 6.26. The van der Waals surface area contributed by atoms with Gasteiger partial charge < -0.3 is 9.88 Å². The number of nitrogens with zero attached hydrogens (tertiary/aromatic N) is 4. The minimum absolute atomic E-state index is 0.828. The Bertz CT molecular complexity index is 449. The summed E-state index contributed by atoms with van der Waals surface area (Å²) in [5.74, 6) is 0.828. The van der Waals surface area contributed by atoms with Crippen LogP contribution in [-0.2, 0) is 6.54 Å². The minimum Gasteiger partial charge on any atom is -0.368 e. The third-order valence-electron chi connectivity index (χ3n) is 2.28. The van der Waals surface area contributed by atoms with Gasteiger partial charge in [-0.15, -0.1) is 0 Å². The predicted molar refractivity (Wildman–Crippen MR) is 71.1 cm³/mol. The number of fused-ring (bicyclic) bond motifs is 1. The maximum Gasteiger partial charge on any atom is 0.165 e. The highest BCUT2D eigenvalue weighted by atomic mass is 15.1.